The van der Waals surface area contributed by atoms with Crippen LogP contribution in [0.2, 0.25) is 0 Å². The van der Waals surface area contributed by atoms with E-state index in [0.717, 1.165) is 12.8 Å². The smallest absolute Gasteiger partial charge is 0.408 e. The number of nitrogens with one attached hydrogen (secondary N) is 1. The zero-order valence-electron chi connectivity index (χ0n) is 16.2. The number of benzene rings is 1. The van der Waals surface area contributed by atoms with Crippen LogP contribution < -0.4 is 11.1 Å². The monoisotopic (exact) mass is 378 g/mol. The fourth-order valence-electron chi connectivity index (χ4n) is 2.76. The molecule has 27 heavy (non-hydrogen) atoms. The molecule has 0 aliphatic rings. The molecule has 0 saturated carbocycles. The van der Waals surface area contributed by atoms with Crippen molar-refractivity contribution in [3.63, 3.8) is 0 Å². The van der Waals surface area contributed by atoms with Gasteiger partial charge in [0.2, 0.25) is 12.0 Å². The molecule has 1 rings (SSSR count). The maximum atomic E-state index is 12.0. The van der Waals surface area contributed by atoms with Gasteiger partial charge in [0.15, 0.2) is 0 Å². The van der Waals surface area contributed by atoms with Gasteiger partial charge < -0.3 is 20.9 Å². The lowest BCUT2D eigenvalue weighted by atomic mass is 9.95. The molecule has 0 fully saturated rings. The number of hydrogen-bond donors (Lipinski definition) is 3. The van der Waals surface area contributed by atoms with E-state index in [0.29, 0.717) is 6.42 Å². The number of amides is 2. The van der Waals surface area contributed by atoms with E-state index in [4.69, 9.17) is 10.5 Å². The van der Waals surface area contributed by atoms with E-state index in [-0.39, 0.29) is 18.3 Å². The molecule has 0 aromatic heterocycles. The Balaban J connectivity index is 2.58. The van der Waals surface area contributed by atoms with E-state index in [1.165, 1.54) is 5.56 Å². The number of aliphatic carboxylic acids is 1. The van der Waals surface area contributed by atoms with Gasteiger partial charge in [0.1, 0.15) is 6.04 Å². The molecule has 0 aliphatic heterocycles. The van der Waals surface area contributed by atoms with Crippen molar-refractivity contribution >= 4 is 18.0 Å². The van der Waals surface area contributed by atoms with Gasteiger partial charge in [-0.2, -0.15) is 0 Å². The third-order valence-corrected chi connectivity index (χ3v) is 4.70. The van der Waals surface area contributed by atoms with Gasteiger partial charge in [-0.1, -0.05) is 57.5 Å². The van der Waals surface area contributed by atoms with Crippen LogP contribution in [0.4, 0.5) is 4.79 Å². The van der Waals surface area contributed by atoms with Gasteiger partial charge in [0.05, 0.1) is 0 Å². The fourth-order valence-corrected chi connectivity index (χ4v) is 2.76. The molecule has 0 spiro atoms. The first-order valence-electron chi connectivity index (χ1n) is 9.27. The Morgan fingerprint density at radius 1 is 1.19 bits per heavy atom. The van der Waals surface area contributed by atoms with Crippen molar-refractivity contribution in [3.8, 4) is 0 Å². The number of carbonyl (C=O) groups excluding carboxylic acids is 2. The average Bonchev–Trinajstić information content (AvgIpc) is 2.63. The minimum atomic E-state index is -1.28. The molecular formula is C20H30N2O5. The second kappa shape index (κ2) is 11.2. The summed E-state index contributed by atoms with van der Waals surface area (Å²) in [6.45, 7) is 5.56. The summed E-state index contributed by atoms with van der Waals surface area (Å²) >= 11 is 0. The second-order valence-electron chi connectivity index (χ2n) is 7.01. The largest absolute Gasteiger partial charge is 0.479 e. The highest BCUT2D eigenvalue weighted by atomic mass is 16.6. The first-order valence-corrected chi connectivity index (χ1v) is 9.27. The van der Waals surface area contributed by atoms with Crippen molar-refractivity contribution in [2.45, 2.75) is 58.6 Å². The zero-order valence-corrected chi connectivity index (χ0v) is 16.2. The SMILES string of the molecule is CC[C@H](C)[C@H](NC(=O)O[C@@H](CC(C)CCc1ccccc1)C(=O)O)C(N)=O. The second-order valence-corrected chi connectivity index (χ2v) is 7.01. The summed E-state index contributed by atoms with van der Waals surface area (Å²) in [6.07, 6.45) is 0.198. The summed E-state index contributed by atoms with van der Waals surface area (Å²) in [4.78, 5) is 35.0. The van der Waals surface area contributed by atoms with Crippen LogP contribution in [0.5, 0.6) is 0 Å². The fraction of sp³-hybridized carbons (Fsp3) is 0.550. The predicted octanol–water partition coefficient (Wildman–Crippen LogP) is 2.72. The molecule has 0 aliphatic carbocycles. The van der Waals surface area contributed by atoms with Gasteiger partial charge in [0.25, 0.3) is 0 Å². The molecule has 0 bridgehead atoms. The minimum absolute atomic E-state index is 0.0422. The van der Waals surface area contributed by atoms with Crippen LogP contribution in [0, 0.1) is 11.8 Å². The molecule has 0 radical (unpaired) electrons. The van der Waals surface area contributed by atoms with Crippen LogP contribution in [0.3, 0.4) is 0 Å². The van der Waals surface area contributed by atoms with Gasteiger partial charge in [0, 0.05) is 0 Å². The summed E-state index contributed by atoms with van der Waals surface area (Å²) in [5.74, 6) is -2.02. The molecule has 7 heteroatoms. The van der Waals surface area contributed by atoms with E-state index in [9.17, 15) is 19.5 Å². The van der Waals surface area contributed by atoms with Crippen molar-refractivity contribution in [1.29, 1.82) is 0 Å². The molecule has 1 aromatic carbocycles. The average molecular weight is 378 g/mol. The molecule has 7 nitrogen and oxygen atoms in total. The summed E-state index contributed by atoms with van der Waals surface area (Å²) in [6, 6.07) is 9.00. The van der Waals surface area contributed by atoms with Crippen LogP contribution in [0.25, 0.3) is 0 Å². The minimum Gasteiger partial charge on any atom is -0.479 e. The first-order chi connectivity index (χ1) is 12.7. The number of rotatable bonds is 11. The van der Waals surface area contributed by atoms with Gasteiger partial charge in [-0.15, -0.1) is 0 Å². The zero-order chi connectivity index (χ0) is 20.4. The molecule has 1 unspecified atom stereocenters. The number of carbonyl (C=O) groups is 3. The number of nitrogens with two attached hydrogens (primary N) is 1. The number of carboxylic acid groups (broad SMARTS) is 1. The van der Waals surface area contributed by atoms with Crippen LogP contribution in [-0.4, -0.2) is 35.2 Å². The highest BCUT2D eigenvalue weighted by Crippen LogP contribution is 2.17. The maximum absolute atomic E-state index is 12.0. The molecule has 4 N–H and O–H groups in total. The molecule has 1 aromatic rings. The Morgan fingerprint density at radius 3 is 2.33 bits per heavy atom. The van der Waals surface area contributed by atoms with Crippen molar-refractivity contribution in [1.82, 2.24) is 5.32 Å². The normalized spacial score (nSPS) is 15.2. The Morgan fingerprint density at radius 2 is 1.81 bits per heavy atom. The van der Waals surface area contributed by atoms with Crippen LogP contribution in [-0.2, 0) is 20.7 Å². The number of primary amides is 1. The lowest BCUT2D eigenvalue weighted by molar-refractivity contribution is -0.147. The summed E-state index contributed by atoms with van der Waals surface area (Å²) in [5.41, 5.74) is 6.48. The van der Waals surface area contributed by atoms with E-state index in [1.54, 1.807) is 6.92 Å². The van der Waals surface area contributed by atoms with Gasteiger partial charge >= 0.3 is 12.1 Å². The molecule has 0 saturated heterocycles. The maximum Gasteiger partial charge on any atom is 0.408 e. The van der Waals surface area contributed by atoms with Crippen molar-refractivity contribution in [3.05, 3.63) is 35.9 Å². The van der Waals surface area contributed by atoms with E-state index in [1.807, 2.05) is 44.2 Å². The van der Waals surface area contributed by atoms with Crippen molar-refractivity contribution < 1.29 is 24.2 Å². The standard InChI is InChI=1S/C20H30N2O5/c1-4-14(3)17(18(21)23)22-20(26)27-16(19(24)25)12-13(2)10-11-15-8-6-5-7-9-15/h5-9,13-14,16-17H,4,10-12H2,1-3H3,(H2,21,23)(H,22,26)(H,24,25)/t13?,14-,16-,17-/m0/s1. The van der Waals surface area contributed by atoms with Gasteiger partial charge in [-0.05, 0) is 36.7 Å². The third-order valence-electron chi connectivity index (χ3n) is 4.70. The Labute approximate surface area is 160 Å². The first kappa shape index (κ1) is 22.5. The van der Waals surface area contributed by atoms with Gasteiger partial charge in [-0.3, -0.25) is 4.79 Å². The number of hydrogen-bond acceptors (Lipinski definition) is 4. The topological polar surface area (TPSA) is 119 Å². The molecule has 150 valence electrons. The number of ether oxygens (including phenoxy) is 1. The highest BCUT2D eigenvalue weighted by molar-refractivity contribution is 5.85. The summed E-state index contributed by atoms with van der Waals surface area (Å²) in [7, 11) is 0. The summed E-state index contributed by atoms with van der Waals surface area (Å²) in [5, 5.41) is 11.7. The molecule has 2 amide bonds. The molecule has 0 heterocycles. The van der Waals surface area contributed by atoms with E-state index >= 15 is 0 Å². The summed E-state index contributed by atoms with van der Waals surface area (Å²) < 4.78 is 5.05. The van der Waals surface area contributed by atoms with E-state index < -0.39 is 30.1 Å². The number of aryl methyl sites for hydroxylation is 1. The Kier molecular flexibility index (Phi) is 9.33. The van der Waals surface area contributed by atoms with Gasteiger partial charge in [-0.25, -0.2) is 9.59 Å². The Hall–Kier alpha value is -2.57. The van der Waals surface area contributed by atoms with Crippen LogP contribution >= 0.6 is 0 Å². The Bertz CT molecular complexity index is 620. The number of carboxylic acids is 1. The predicted molar refractivity (Wildman–Crippen MR) is 102 cm³/mol. The van der Waals surface area contributed by atoms with Crippen molar-refractivity contribution in [2.75, 3.05) is 0 Å². The van der Waals surface area contributed by atoms with Crippen molar-refractivity contribution in [2.24, 2.45) is 17.6 Å². The van der Waals surface area contributed by atoms with Crippen LogP contribution in [0.15, 0.2) is 30.3 Å². The lowest BCUT2D eigenvalue weighted by Gasteiger charge is -2.23. The highest BCUT2D eigenvalue weighted by Gasteiger charge is 2.28. The number of alkyl carbamates (subject to hydrolysis) is 1. The third kappa shape index (κ3) is 8.11. The molecular weight excluding hydrogens is 348 g/mol. The van der Waals surface area contributed by atoms with Crippen LogP contribution in [0.1, 0.15) is 45.6 Å². The molecule has 4 atom stereocenters. The lowest BCUT2D eigenvalue weighted by Crippen LogP contribution is -2.49. The van der Waals surface area contributed by atoms with E-state index in [2.05, 4.69) is 5.32 Å². The quantitative estimate of drug-likeness (QED) is 0.547.